The molecule has 0 aliphatic heterocycles. The zero-order valence-corrected chi connectivity index (χ0v) is 18.4. The molecule has 0 aliphatic rings. The van der Waals surface area contributed by atoms with Crippen LogP contribution in [0.4, 0.5) is 10.1 Å². The van der Waals surface area contributed by atoms with Gasteiger partial charge < -0.3 is 5.32 Å². The molecule has 0 radical (unpaired) electrons. The number of nitrogens with one attached hydrogen (secondary N) is 1. The summed E-state index contributed by atoms with van der Waals surface area (Å²) in [7, 11) is 1.64. The smallest absolute Gasteiger partial charge is 0.257 e. The largest absolute Gasteiger partial charge is 0.325 e. The third kappa shape index (κ3) is 5.29. The fraction of sp³-hybridized carbons (Fsp3) is 0.227. The number of anilines is 1. The highest BCUT2D eigenvalue weighted by molar-refractivity contribution is 8.00. The van der Waals surface area contributed by atoms with E-state index >= 15 is 0 Å². The number of carbonyl (C=O) groups is 1. The Morgan fingerprint density at radius 1 is 1.27 bits per heavy atom. The van der Waals surface area contributed by atoms with Crippen LogP contribution >= 0.6 is 23.4 Å². The molecule has 1 atom stereocenters. The minimum Gasteiger partial charge on any atom is -0.325 e. The topological polar surface area (TPSA) is 64.0 Å². The van der Waals surface area contributed by atoms with Gasteiger partial charge in [-0.2, -0.15) is 0 Å². The Labute approximate surface area is 183 Å². The van der Waals surface area contributed by atoms with Crippen molar-refractivity contribution in [3.63, 3.8) is 0 Å². The molecule has 2 aromatic carbocycles. The minimum atomic E-state index is -0.508. The lowest BCUT2D eigenvalue weighted by Crippen LogP contribution is -2.28. The van der Waals surface area contributed by atoms with Crippen molar-refractivity contribution in [2.45, 2.75) is 30.7 Å². The second kappa shape index (κ2) is 9.45. The van der Waals surface area contributed by atoms with Gasteiger partial charge in [0.25, 0.3) is 5.56 Å². The van der Waals surface area contributed by atoms with Gasteiger partial charge in [0, 0.05) is 35.4 Å². The molecule has 0 aliphatic carbocycles. The normalized spacial score (nSPS) is 11.9. The van der Waals surface area contributed by atoms with Gasteiger partial charge in [-0.05, 0) is 55.8 Å². The summed E-state index contributed by atoms with van der Waals surface area (Å²) in [5.74, 6) is -0.635. The number of hydrogen-bond donors (Lipinski definition) is 1. The van der Waals surface area contributed by atoms with Gasteiger partial charge in [-0.1, -0.05) is 35.5 Å². The molecule has 3 aromatic rings. The van der Waals surface area contributed by atoms with E-state index in [1.807, 2.05) is 18.2 Å². The van der Waals surface area contributed by atoms with E-state index in [4.69, 9.17) is 11.6 Å². The molecule has 1 aromatic heterocycles. The standard InChI is InChI=1S/C22H21ClFN3O2S/c1-13-19(12-15-5-4-6-16(23)11-15)21(29)27(3)22(25-13)30-14(2)20(28)26-18-9-7-17(24)8-10-18/h4-11,14H,12H2,1-3H3,(H,26,28). The Kier molecular flexibility index (Phi) is 6.95. The van der Waals surface area contributed by atoms with Crippen molar-refractivity contribution in [1.82, 2.24) is 9.55 Å². The highest BCUT2D eigenvalue weighted by atomic mass is 35.5. The second-order valence-electron chi connectivity index (χ2n) is 6.89. The maximum Gasteiger partial charge on any atom is 0.257 e. The molecular formula is C22H21ClFN3O2S. The summed E-state index contributed by atoms with van der Waals surface area (Å²) >= 11 is 7.23. The molecule has 1 amide bonds. The summed E-state index contributed by atoms with van der Waals surface area (Å²) in [5.41, 5.74) is 2.48. The number of benzene rings is 2. The molecule has 156 valence electrons. The van der Waals surface area contributed by atoms with Crippen LogP contribution in [0.5, 0.6) is 0 Å². The highest BCUT2D eigenvalue weighted by Gasteiger charge is 2.19. The minimum absolute atomic E-state index is 0.156. The second-order valence-corrected chi connectivity index (χ2v) is 8.63. The first kappa shape index (κ1) is 22.1. The third-order valence-electron chi connectivity index (χ3n) is 4.58. The molecule has 1 N–H and O–H groups in total. The highest BCUT2D eigenvalue weighted by Crippen LogP contribution is 2.23. The van der Waals surface area contributed by atoms with Gasteiger partial charge in [0.05, 0.1) is 5.25 Å². The van der Waals surface area contributed by atoms with E-state index < -0.39 is 5.25 Å². The summed E-state index contributed by atoms with van der Waals surface area (Å²) < 4.78 is 14.5. The van der Waals surface area contributed by atoms with Crippen LogP contribution in [0.15, 0.2) is 58.5 Å². The van der Waals surface area contributed by atoms with Crippen molar-refractivity contribution in [1.29, 1.82) is 0 Å². The van der Waals surface area contributed by atoms with E-state index in [-0.39, 0.29) is 17.3 Å². The molecule has 3 rings (SSSR count). The van der Waals surface area contributed by atoms with Gasteiger partial charge in [-0.15, -0.1) is 0 Å². The van der Waals surface area contributed by atoms with Crippen LogP contribution < -0.4 is 10.9 Å². The zero-order chi connectivity index (χ0) is 21.8. The monoisotopic (exact) mass is 445 g/mol. The Morgan fingerprint density at radius 2 is 1.97 bits per heavy atom. The number of carbonyl (C=O) groups excluding carboxylic acids is 1. The van der Waals surface area contributed by atoms with Gasteiger partial charge in [0.1, 0.15) is 5.82 Å². The lowest BCUT2D eigenvalue weighted by molar-refractivity contribution is -0.115. The van der Waals surface area contributed by atoms with Crippen LogP contribution in [0.3, 0.4) is 0 Å². The van der Waals surface area contributed by atoms with Gasteiger partial charge in [-0.25, -0.2) is 9.37 Å². The van der Waals surface area contributed by atoms with Gasteiger partial charge >= 0.3 is 0 Å². The Balaban J connectivity index is 1.77. The molecule has 0 saturated heterocycles. The molecule has 0 saturated carbocycles. The average molecular weight is 446 g/mol. The lowest BCUT2D eigenvalue weighted by atomic mass is 10.1. The first-order valence-corrected chi connectivity index (χ1v) is 10.5. The van der Waals surface area contributed by atoms with Crippen LogP contribution in [-0.4, -0.2) is 20.7 Å². The van der Waals surface area contributed by atoms with Crippen LogP contribution in [0, 0.1) is 12.7 Å². The maximum atomic E-state index is 13.0. The predicted octanol–water partition coefficient (Wildman–Crippen LogP) is 4.59. The number of hydrogen-bond acceptors (Lipinski definition) is 4. The molecule has 1 heterocycles. The summed E-state index contributed by atoms with van der Waals surface area (Å²) in [6.45, 7) is 3.51. The Morgan fingerprint density at radius 3 is 2.63 bits per heavy atom. The van der Waals surface area contributed by atoms with Crippen molar-refractivity contribution in [2.75, 3.05) is 5.32 Å². The van der Waals surface area contributed by atoms with E-state index in [9.17, 15) is 14.0 Å². The van der Waals surface area contributed by atoms with E-state index in [0.29, 0.717) is 33.5 Å². The number of rotatable bonds is 6. The number of nitrogens with zero attached hydrogens (tertiary/aromatic N) is 2. The number of aromatic nitrogens is 2. The molecule has 0 bridgehead atoms. The van der Waals surface area contributed by atoms with Crippen molar-refractivity contribution in [3.05, 3.63) is 86.5 Å². The first-order chi connectivity index (χ1) is 14.2. The van der Waals surface area contributed by atoms with E-state index in [2.05, 4.69) is 10.3 Å². The number of halogens is 2. The Hall–Kier alpha value is -2.64. The molecule has 8 heteroatoms. The third-order valence-corrected chi connectivity index (χ3v) is 5.96. The Bertz CT molecular complexity index is 1130. The SMILES string of the molecule is Cc1nc(SC(C)C(=O)Nc2ccc(F)cc2)n(C)c(=O)c1Cc1cccc(Cl)c1. The summed E-state index contributed by atoms with van der Waals surface area (Å²) in [5, 5.41) is 3.29. The fourth-order valence-electron chi connectivity index (χ4n) is 2.88. The van der Waals surface area contributed by atoms with Crippen LogP contribution in [0.1, 0.15) is 23.7 Å². The first-order valence-electron chi connectivity index (χ1n) is 9.28. The summed E-state index contributed by atoms with van der Waals surface area (Å²) in [6.07, 6.45) is 0.428. The molecule has 30 heavy (non-hydrogen) atoms. The van der Waals surface area contributed by atoms with E-state index in [1.165, 1.54) is 40.6 Å². The molecule has 0 fully saturated rings. The average Bonchev–Trinajstić information content (AvgIpc) is 2.71. The predicted molar refractivity (Wildman–Crippen MR) is 119 cm³/mol. The van der Waals surface area contributed by atoms with Crippen molar-refractivity contribution in [3.8, 4) is 0 Å². The van der Waals surface area contributed by atoms with Gasteiger partial charge in [0.15, 0.2) is 5.16 Å². The van der Waals surface area contributed by atoms with Crippen molar-refractivity contribution < 1.29 is 9.18 Å². The molecule has 5 nitrogen and oxygen atoms in total. The van der Waals surface area contributed by atoms with E-state index in [0.717, 1.165) is 5.56 Å². The van der Waals surface area contributed by atoms with Crippen molar-refractivity contribution in [2.24, 2.45) is 7.05 Å². The number of amides is 1. The number of aryl methyl sites for hydroxylation is 1. The summed E-state index contributed by atoms with van der Waals surface area (Å²) in [6, 6.07) is 12.9. The zero-order valence-electron chi connectivity index (χ0n) is 16.8. The van der Waals surface area contributed by atoms with Crippen LogP contribution in [0.25, 0.3) is 0 Å². The van der Waals surface area contributed by atoms with Crippen molar-refractivity contribution >= 4 is 35.0 Å². The molecule has 1 unspecified atom stereocenters. The lowest BCUT2D eigenvalue weighted by Gasteiger charge is -2.15. The molecule has 0 spiro atoms. The van der Waals surface area contributed by atoms with Gasteiger partial charge in [0.2, 0.25) is 5.91 Å². The number of thioether (sulfide) groups is 1. The van der Waals surface area contributed by atoms with E-state index in [1.54, 1.807) is 27.0 Å². The van der Waals surface area contributed by atoms with Gasteiger partial charge in [-0.3, -0.25) is 14.2 Å². The van der Waals surface area contributed by atoms with Crippen LogP contribution in [-0.2, 0) is 18.3 Å². The summed E-state index contributed by atoms with van der Waals surface area (Å²) in [4.78, 5) is 29.9. The van der Waals surface area contributed by atoms with Crippen LogP contribution in [0.2, 0.25) is 5.02 Å². The maximum absolute atomic E-state index is 13.0. The molecular weight excluding hydrogens is 425 g/mol. The fourth-order valence-corrected chi connectivity index (χ4v) is 4.00. The quantitative estimate of drug-likeness (QED) is 0.445.